The zero-order valence-electron chi connectivity index (χ0n) is 17.3. The van der Waals surface area contributed by atoms with E-state index >= 15 is 0 Å². The van der Waals surface area contributed by atoms with Gasteiger partial charge in [-0.2, -0.15) is 0 Å². The van der Waals surface area contributed by atoms with E-state index in [-0.39, 0.29) is 23.8 Å². The van der Waals surface area contributed by atoms with Crippen LogP contribution in [0.15, 0.2) is 66.0 Å². The van der Waals surface area contributed by atoms with Crippen molar-refractivity contribution in [3.05, 3.63) is 82.0 Å². The molecule has 0 spiro atoms. The van der Waals surface area contributed by atoms with E-state index < -0.39 is 0 Å². The van der Waals surface area contributed by atoms with Crippen molar-refractivity contribution in [1.29, 1.82) is 0 Å². The van der Waals surface area contributed by atoms with Gasteiger partial charge in [0.2, 0.25) is 0 Å². The van der Waals surface area contributed by atoms with E-state index in [0.717, 1.165) is 19.4 Å². The van der Waals surface area contributed by atoms with Crippen molar-refractivity contribution in [1.82, 2.24) is 5.32 Å². The van der Waals surface area contributed by atoms with E-state index in [1.54, 1.807) is 54.6 Å². The van der Waals surface area contributed by atoms with Crippen LogP contribution in [0.1, 0.15) is 43.2 Å². The number of para-hydroxylation sites is 1. The Balaban J connectivity index is 1.38. The molecule has 32 heavy (non-hydrogen) atoms. The zero-order valence-corrected chi connectivity index (χ0v) is 18.1. The molecule has 0 saturated carbocycles. The normalized spacial score (nSPS) is 15.2. The molecule has 1 aromatic heterocycles. The minimum absolute atomic E-state index is 0.0412. The van der Waals surface area contributed by atoms with Crippen molar-refractivity contribution in [3.63, 3.8) is 0 Å². The molecule has 0 unspecified atom stereocenters. The first-order valence-electron chi connectivity index (χ1n) is 10.4. The minimum atomic E-state index is -0.347. The Morgan fingerprint density at radius 2 is 1.72 bits per heavy atom. The molecule has 1 saturated heterocycles. The Hall–Kier alpha value is -3.49. The second-order valence-electron chi connectivity index (χ2n) is 7.35. The van der Waals surface area contributed by atoms with E-state index in [0.29, 0.717) is 33.9 Å². The van der Waals surface area contributed by atoms with Crippen LogP contribution in [0.4, 0.5) is 11.4 Å². The number of carbonyl (C=O) groups is 3. The van der Waals surface area contributed by atoms with Crippen LogP contribution in [-0.2, 0) is 4.74 Å². The molecule has 2 aromatic carbocycles. The standard InChI is InChI=1S/C24H23N3O4S/c28-22(16-9-11-17(12-10-16)26-24(30)21-8-4-14-32-21)27-20-7-2-1-6-19(20)23(29)25-15-18-5-3-13-31-18/h1-2,4,6-12,14,18H,3,5,13,15H2,(H,25,29)(H,26,30)(H,27,28)/t18-/m1/s1. The molecular formula is C24H23N3O4S. The van der Waals surface area contributed by atoms with Gasteiger partial charge in [0.05, 0.1) is 22.2 Å². The van der Waals surface area contributed by atoms with Crippen molar-refractivity contribution in [2.75, 3.05) is 23.8 Å². The third kappa shape index (κ3) is 5.40. The average molecular weight is 450 g/mol. The summed E-state index contributed by atoms with van der Waals surface area (Å²) in [5.41, 5.74) is 1.82. The van der Waals surface area contributed by atoms with Crippen molar-refractivity contribution in [2.24, 2.45) is 0 Å². The van der Waals surface area contributed by atoms with Gasteiger partial charge < -0.3 is 20.7 Å². The summed E-state index contributed by atoms with van der Waals surface area (Å²) in [4.78, 5) is 38.1. The van der Waals surface area contributed by atoms with E-state index in [4.69, 9.17) is 4.74 Å². The van der Waals surface area contributed by atoms with Gasteiger partial charge in [0, 0.05) is 24.4 Å². The third-order valence-corrected chi connectivity index (χ3v) is 5.95. The number of thiophene rings is 1. The lowest BCUT2D eigenvalue weighted by Crippen LogP contribution is -2.32. The summed E-state index contributed by atoms with van der Waals surface area (Å²) in [6.07, 6.45) is 1.98. The molecule has 8 heteroatoms. The molecule has 1 atom stereocenters. The number of hydrogen-bond donors (Lipinski definition) is 3. The summed E-state index contributed by atoms with van der Waals surface area (Å²) in [5, 5.41) is 10.3. The van der Waals surface area contributed by atoms with Crippen LogP contribution in [-0.4, -0.2) is 37.0 Å². The van der Waals surface area contributed by atoms with Crippen LogP contribution in [0.3, 0.4) is 0 Å². The molecule has 2 heterocycles. The Morgan fingerprint density at radius 3 is 2.44 bits per heavy atom. The Labute approximate surface area is 189 Å². The first kappa shape index (κ1) is 21.7. The fourth-order valence-electron chi connectivity index (χ4n) is 3.40. The molecular weight excluding hydrogens is 426 g/mol. The second kappa shape index (κ2) is 10.2. The maximum atomic E-state index is 12.7. The largest absolute Gasteiger partial charge is 0.376 e. The van der Waals surface area contributed by atoms with Crippen LogP contribution in [0.2, 0.25) is 0 Å². The van der Waals surface area contributed by atoms with Crippen molar-refractivity contribution in [2.45, 2.75) is 18.9 Å². The van der Waals surface area contributed by atoms with Crippen molar-refractivity contribution >= 4 is 40.4 Å². The topological polar surface area (TPSA) is 96.5 Å². The Kier molecular flexibility index (Phi) is 6.94. The summed E-state index contributed by atoms with van der Waals surface area (Å²) in [7, 11) is 0. The van der Waals surface area contributed by atoms with Gasteiger partial charge in [-0.25, -0.2) is 0 Å². The number of ether oxygens (including phenoxy) is 1. The van der Waals surface area contributed by atoms with Crippen LogP contribution in [0, 0.1) is 0 Å². The number of benzene rings is 2. The van der Waals surface area contributed by atoms with Gasteiger partial charge in [-0.3, -0.25) is 14.4 Å². The van der Waals surface area contributed by atoms with Gasteiger partial charge in [0.1, 0.15) is 0 Å². The molecule has 3 aromatic rings. The van der Waals surface area contributed by atoms with Crippen LogP contribution in [0.5, 0.6) is 0 Å². The molecule has 7 nitrogen and oxygen atoms in total. The highest BCUT2D eigenvalue weighted by atomic mass is 32.1. The lowest BCUT2D eigenvalue weighted by Gasteiger charge is -2.14. The van der Waals surface area contributed by atoms with Gasteiger partial charge in [-0.1, -0.05) is 18.2 Å². The average Bonchev–Trinajstić information content (AvgIpc) is 3.53. The summed E-state index contributed by atoms with van der Waals surface area (Å²) < 4.78 is 5.54. The molecule has 0 bridgehead atoms. The van der Waals surface area contributed by atoms with E-state index in [9.17, 15) is 14.4 Å². The summed E-state index contributed by atoms with van der Waals surface area (Å²) in [5.74, 6) is -0.802. The maximum Gasteiger partial charge on any atom is 0.265 e. The van der Waals surface area contributed by atoms with Crippen molar-refractivity contribution < 1.29 is 19.1 Å². The predicted molar refractivity (Wildman–Crippen MR) is 124 cm³/mol. The Morgan fingerprint density at radius 1 is 0.906 bits per heavy atom. The zero-order chi connectivity index (χ0) is 22.3. The fourth-order valence-corrected chi connectivity index (χ4v) is 4.02. The number of nitrogens with one attached hydrogen (secondary N) is 3. The molecule has 164 valence electrons. The number of hydrogen-bond acceptors (Lipinski definition) is 5. The smallest absolute Gasteiger partial charge is 0.265 e. The Bertz CT molecular complexity index is 1090. The molecule has 0 radical (unpaired) electrons. The van der Waals surface area contributed by atoms with Crippen LogP contribution >= 0.6 is 11.3 Å². The minimum Gasteiger partial charge on any atom is -0.376 e. The molecule has 3 N–H and O–H groups in total. The van der Waals surface area contributed by atoms with Crippen molar-refractivity contribution in [3.8, 4) is 0 Å². The molecule has 1 aliphatic rings. The van der Waals surface area contributed by atoms with E-state index in [1.165, 1.54) is 11.3 Å². The van der Waals surface area contributed by atoms with Crippen LogP contribution in [0.25, 0.3) is 0 Å². The number of carbonyl (C=O) groups excluding carboxylic acids is 3. The highest BCUT2D eigenvalue weighted by Gasteiger charge is 2.19. The van der Waals surface area contributed by atoms with Gasteiger partial charge in [0.25, 0.3) is 17.7 Å². The quantitative estimate of drug-likeness (QED) is 0.505. The van der Waals surface area contributed by atoms with Gasteiger partial charge in [0.15, 0.2) is 0 Å². The van der Waals surface area contributed by atoms with Gasteiger partial charge >= 0.3 is 0 Å². The number of anilines is 2. The lowest BCUT2D eigenvalue weighted by atomic mass is 10.1. The van der Waals surface area contributed by atoms with E-state index in [2.05, 4.69) is 16.0 Å². The highest BCUT2D eigenvalue weighted by molar-refractivity contribution is 7.12. The first-order valence-corrected chi connectivity index (χ1v) is 11.2. The predicted octanol–water partition coefficient (Wildman–Crippen LogP) is 4.16. The number of amides is 3. The summed E-state index contributed by atoms with van der Waals surface area (Å²) in [6, 6.07) is 17.0. The highest BCUT2D eigenvalue weighted by Crippen LogP contribution is 2.19. The molecule has 0 aliphatic carbocycles. The maximum absolute atomic E-state index is 12.7. The molecule has 1 aliphatic heterocycles. The second-order valence-corrected chi connectivity index (χ2v) is 8.30. The van der Waals surface area contributed by atoms with E-state index in [1.807, 2.05) is 11.4 Å². The van der Waals surface area contributed by atoms with Crippen LogP contribution < -0.4 is 16.0 Å². The fraction of sp³-hybridized carbons (Fsp3) is 0.208. The summed E-state index contributed by atoms with van der Waals surface area (Å²) >= 11 is 1.36. The first-order chi connectivity index (χ1) is 15.6. The molecule has 1 fully saturated rings. The number of rotatable bonds is 7. The molecule has 4 rings (SSSR count). The SMILES string of the molecule is O=C(Nc1ccccc1C(=O)NC[C@H]1CCCO1)c1ccc(NC(=O)c2cccs2)cc1. The third-order valence-electron chi connectivity index (χ3n) is 5.08. The van der Waals surface area contributed by atoms with Gasteiger partial charge in [-0.05, 0) is 60.7 Å². The van der Waals surface area contributed by atoms with Gasteiger partial charge in [-0.15, -0.1) is 11.3 Å². The monoisotopic (exact) mass is 449 g/mol. The summed E-state index contributed by atoms with van der Waals surface area (Å²) in [6.45, 7) is 1.17. The lowest BCUT2D eigenvalue weighted by molar-refractivity contribution is 0.0858. The molecule has 3 amide bonds.